The second kappa shape index (κ2) is 4.93. The van der Waals surface area contributed by atoms with Gasteiger partial charge in [-0.15, -0.1) is 0 Å². The minimum absolute atomic E-state index is 0.718. The van der Waals surface area contributed by atoms with E-state index in [1.807, 2.05) is 42.5 Å². The monoisotopic (exact) mass is 296 g/mol. The van der Waals surface area contributed by atoms with Crippen LogP contribution in [0.2, 0.25) is 5.02 Å². The molecule has 2 heterocycles. The highest BCUT2D eigenvalue weighted by molar-refractivity contribution is 6.30. The summed E-state index contributed by atoms with van der Waals surface area (Å²) in [6, 6.07) is 15.7. The predicted molar refractivity (Wildman–Crippen MR) is 86.7 cm³/mol. The zero-order valence-corrected chi connectivity index (χ0v) is 12.0. The van der Waals surface area contributed by atoms with Gasteiger partial charge in [0.05, 0.1) is 12.2 Å². The van der Waals surface area contributed by atoms with Gasteiger partial charge in [0, 0.05) is 22.5 Å². The SMILES string of the molecule is Clc1ccc(C2=NCCNc3c2oc2ccccc32)cc1. The summed E-state index contributed by atoms with van der Waals surface area (Å²) in [7, 11) is 0. The van der Waals surface area contributed by atoms with Crippen molar-refractivity contribution in [2.24, 2.45) is 4.99 Å². The normalized spacial score (nSPS) is 14.2. The van der Waals surface area contributed by atoms with Crippen LogP contribution in [-0.4, -0.2) is 18.8 Å². The van der Waals surface area contributed by atoms with E-state index in [0.29, 0.717) is 0 Å². The van der Waals surface area contributed by atoms with Gasteiger partial charge in [-0.2, -0.15) is 0 Å². The standard InChI is InChI=1S/C17H13ClN2O/c18-12-7-5-11(6-8-12)15-17-16(20-10-9-19-15)13-3-1-2-4-14(13)21-17/h1-8,20H,9-10H2. The van der Waals surface area contributed by atoms with Crippen molar-refractivity contribution < 1.29 is 4.42 Å². The molecule has 4 rings (SSSR count). The van der Waals surface area contributed by atoms with Crippen LogP contribution in [0.5, 0.6) is 0 Å². The van der Waals surface area contributed by atoms with Gasteiger partial charge in [0.25, 0.3) is 0 Å². The summed E-state index contributed by atoms with van der Waals surface area (Å²) in [5.74, 6) is 0.802. The fourth-order valence-corrected chi connectivity index (χ4v) is 2.76. The first-order valence-corrected chi connectivity index (χ1v) is 7.27. The van der Waals surface area contributed by atoms with Gasteiger partial charge in [0.1, 0.15) is 11.3 Å². The van der Waals surface area contributed by atoms with Crippen molar-refractivity contribution in [2.75, 3.05) is 18.4 Å². The highest BCUT2D eigenvalue weighted by atomic mass is 35.5. The Bertz CT molecular complexity index is 834. The molecule has 0 unspecified atom stereocenters. The molecular formula is C17H13ClN2O. The van der Waals surface area contributed by atoms with Gasteiger partial charge < -0.3 is 9.73 Å². The third-order valence-electron chi connectivity index (χ3n) is 3.61. The molecule has 1 aliphatic heterocycles. The molecule has 0 bridgehead atoms. The second-order valence-electron chi connectivity index (χ2n) is 4.97. The lowest BCUT2D eigenvalue weighted by Crippen LogP contribution is -2.02. The number of anilines is 1. The number of aliphatic imine (C=N–C) groups is 1. The number of furan rings is 1. The van der Waals surface area contributed by atoms with Gasteiger partial charge in [-0.05, 0) is 24.3 Å². The largest absolute Gasteiger partial charge is 0.452 e. The first-order chi connectivity index (χ1) is 10.3. The van der Waals surface area contributed by atoms with Crippen molar-refractivity contribution in [1.82, 2.24) is 0 Å². The molecule has 21 heavy (non-hydrogen) atoms. The molecule has 0 radical (unpaired) electrons. The Labute approximate surface area is 127 Å². The van der Waals surface area contributed by atoms with Crippen LogP contribution < -0.4 is 5.32 Å². The molecule has 1 aromatic heterocycles. The van der Waals surface area contributed by atoms with Crippen LogP contribution in [0.25, 0.3) is 11.0 Å². The summed E-state index contributed by atoms with van der Waals surface area (Å²) in [6.07, 6.45) is 0. The Hall–Kier alpha value is -2.26. The van der Waals surface area contributed by atoms with Crippen molar-refractivity contribution in [2.45, 2.75) is 0 Å². The van der Waals surface area contributed by atoms with Crippen LogP contribution in [0.1, 0.15) is 11.3 Å². The molecule has 0 atom stereocenters. The van der Waals surface area contributed by atoms with Crippen molar-refractivity contribution >= 4 is 34.0 Å². The molecule has 0 fully saturated rings. The van der Waals surface area contributed by atoms with Gasteiger partial charge in [-0.25, -0.2) is 0 Å². The molecule has 1 aliphatic rings. The van der Waals surface area contributed by atoms with E-state index in [4.69, 9.17) is 16.0 Å². The lowest BCUT2D eigenvalue weighted by atomic mass is 10.1. The molecule has 1 N–H and O–H groups in total. The van der Waals surface area contributed by atoms with Crippen LogP contribution in [0.15, 0.2) is 57.9 Å². The van der Waals surface area contributed by atoms with Crippen molar-refractivity contribution in [3.63, 3.8) is 0 Å². The Morgan fingerprint density at radius 2 is 1.86 bits per heavy atom. The van der Waals surface area contributed by atoms with Crippen LogP contribution in [-0.2, 0) is 0 Å². The minimum atomic E-state index is 0.718. The maximum absolute atomic E-state index is 6.04. The van der Waals surface area contributed by atoms with Crippen molar-refractivity contribution in [3.05, 3.63) is 64.9 Å². The van der Waals surface area contributed by atoms with E-state index in [1.54, 1.807) is 0 Å². The Kier molecular flexibility index (Phi) is 2.93. The Morgan fingerprint density at radius 3 is 2.71 bits per heavy atom. The van der Waals surface area contributed by atoms with Gasteiger partial charge in [-0.3, -0.25) is 4.99 Å². The predicted octanol–water partition coefficient (Wildman–Crippen LogP) is 4.35. The number of benzene rings is 2. The molecule has 4 heteroatoms. The summed E-state index contributed by atoms with van der Waals surface area (Å²) in [5.41, 5.74) is 3.79. The fraction of sp³-hybridized carbons (Fsp3) is 0.118. The average Bonchev–Trinajstić information content (AvgIpc) is 2.75. The minimum Gasteiger partial charge on any atom is -0.452 e. The van der Waals surface area contributed by atoms with E-state index in [2.05, 4.69) is 16.4 Å². The maximum Gasteiger partial charge on any atom is 0.177 e. The lowest BCUT2D eigenvalue weighted by molar-refractivity contribution is 0.607. The number of nitrogens with zero attached hydrogens (tertiary/aromatic N) is 1. The molecular weight excluding hydrogens is 284 g/mol. The number of nitrogens with one attached hydrogen (secondary N) is 1. The van der Waals surface area contributed by atoms with E-state index in [1.165, 1.54) is 0 Å². The van der Waals surface area contributed by atoms with Gasteiger partial charge in [0.2, 0.25) is 0 Å². The summed E-state index contributed by atoms with van der Waals surface area (Å²) >= 11 is 5.97. The van der Waals surface area contributed by atoms with E-state index < -0.39 is 0 Å². The molecule has 3 aromatic rings. The highest BCUT2D eigenvalue weighted by Crippen LogP contribution is 2.33. The van der Waals surface area contributed by atoms with Gasteiger partial charge in [0.15, 0.2) is 5.76 Å². The van der Waals surface area contributed by atoms with Gasteiger partial charge in [-0.1, -0.05) is 35.9 Å². The quantitative estimate of drug-likeness (QED) is 0.725. The zero-order valence-electron chi connectivity index (χ0n) is 11.3. The Morgan fingerprint density at radius 1 is 1.05 bits per heavy atom. The van der Waals surface area contributed by atoms with Crippen LogP contribution in [0, 0.1) is 0 Å². The van der Waals surface area contributed by atoms with E-state index in [0.717, 1.165) is 51.8 Å². The first-order valence-electron chi connectivity index (χ1n) is 6.89. The number of hydrogen-bond acceptors (Lipinski definition) is 3. The fourth-order valence-electron chi connectivity index (χ4n) is 2.64. The average molecular weight is 297 g/mol. The summed E-state index contributed by atoms with van der Waals surface area (Å²) < 4.78 is 6.04. The Balaban J connectivity index is 1.93. The topological polar surface area (TPSA) is 37.5 Å². The third kappa shape index (κ3) is 2.10. The molecule has 0 saturated carbocycles. The lowest BCUT2D eigenvalue weighted by Gasteiger charge is -2.04. The molecule has 0 spiro atoms. The van der Waals surface area contributed by atoms with Crippen molar-refractivity contribution in [3.8, 4) is 0 Å². The number of para-hydroxylation sites is 1. The number of halogens is 1. The second-order valence-corrected chi connectivity index (χ2v) is 5.40. The summed E-state index contributed by atoms with van der Waals surface area (Å²) in [4.78, 5) is 4.68. The van der Waals surface area contributed by atoms with E-state index in [9.17, 15) is 0 Å². The summed E-state index contributed by atoms with van der Waals surface area (Å²) in [6.45, 7) is 1.52. The van der Waals surface area contributed by atoms with Gasteiger partial charge >= 0.3 is 0 Å². The highest BCUT2D eigenvalue weighted by Gasteiger charge is 2.21. The molecule has 0 saturated heterocycles. The smallest absolute Gasteiger partial charge is 0.177 e. The number of fused-ring (bicyclic) bond motifs is 3. The summed E-state index contributed by atoms with van der Waals surface area (Å²) in [5, 5.41) is 5.24. The van der Waals surface area contributed by atoms with Crippen LogP contribution in [0.3, 0.4) is 0 Å². The van der Waals surface area contributed by atoms with E-state index >= 15 is 0 Å². The van der Waals surface area contributed by atoms with Crippen molar-refractivity contribution in [1.29, 1.82) is 0 Å². The number of rotatable bonds is 1. The molecule has 104 valence electrons. The first kappa shape index (κ1) is 12.5. The third-order valence-corrected chi connectivity index (χ3v) is 3.86. The molecule has 2 aromatic carbocycles. The zero-order chi connectivity index (χ0) is 14.2. The van der Waals surface area contributed by atoms with Crippen LogP contribution >= 0.6 is 11.6 Å². The number of hydrogen-bond donors (Lipinski definition) is 1. The maximum atomic E-state index is 6.04. The van der Waals surface area contributed by atoms with E-state index in [-0.39, 0.29) is 0 Å². The molecule has 0 amide bonds. The molecule has 3 nitrogen and oxygen atoms in total. The molecule has 0 aliphatic carbocycles. The van der Waals surface area contributed by atoms with Crippen LogP contribution in [0.4, 0.5) is 5.69 Å².